The van der Waals surface area contributed by atoms with Crippen molar-refractivity contribution in [2.45, 2.75) is 50.7 Å². The topological polar surface area (TPSA) is 64.7 Å². The maximum Gasteiger partial charge on any atom is 0.231 e. The van der Waals surface area contributed by atoms with E-state index in [9.17, 15) is 5.11 Å². The van der Waals surface area contributed by atoms with Crippen molar-refractivity contribution < 1.29 is 40.5 Å². The summed E-state index contributed by atoms with van der Waals surface area (Å²) in [5.74, 6) is 2.13. The second-order valence-corrected chi connectivity index (χ2v) is 10.3. The Labute approximate surface area is 225 Å². The van der Waals surface area contributed by atoms with Crippen molar-refractivity contribution in [3.63, 3.8) is 0 Å². The molecule has 3 aromatic rings. The molecule has 36 heavy (non-hydrogen) atoms. The summed E-state index contributed by atoms with van der Waals surface area (Å²) >= 11 is 0. The van der Waals surface area contributed by atoms with E-state index in [4.69, 9.17) is 13.9 Å². The SMILES string of the molecule is COc1ccc(CCOC[N+](C)(C)Cc2cnc([C@](O)(c3ccccc3)C3CCCCC3)o2)cc1.[Br-]. The first-order valence-corrected chi connectivity index (χ1v) is 12.7. The molecule has 0 bridgehead atoms. The van der Waals surface area contributed by atoms with Crippen molar-refractivity contribution in [3.05, 3.63) is 83.6 Å². The molecular formula is C29H39BrN2O4. The van der Waals surface area contributed by atoms with Gasteiger partial charge in [0.05, 0.1) is 34.0 Å². The fraction of sp³-hybridized carbons (Fsp3) is 0.483. The lowest BCUT2D eigenvalue weighted by Gasteiger charge is -2.36. The number of ether oxygens (including phenoxy) is 2. The van der Waals surface area contributed by atoms with Crippen LogP contribution in [0.4, 0.5) is 0 Å². The number of hydrogen-bond donors (Lipinski definition) is 1. The average molecular weight is 560 g/mol. The van der Waals surface area contributed by atoms with E-state index in [1.165, 1.54) is 12.0 Å². The van der Waals surface area contributed by atoms with E-state index in [1.54, 1.807) is 13.3 Å². The monoisotopic (exact) mass is 558 g/mol. The van der Waals surface area contributed by atoms with Gasteiger partial charge in [-0.3, -0.25) is 4.48 Å². The van der Waals surface area contributed by atoms with Crippen LogP contribution in [-0.2, 0) is 23.3 Å². The number of hydrogen-bond acceptors (Lipinski definition) is 5. The van der Waals surface area contributed by atoms with Gasteiger partial charge in [0.15, 0.2) is 18.1 Å². The van der Waals surface area contributed by atoms with E-state index in [0.717, 1.165) is 49.2 Å². The van der Waals surface area contributed by atoms with E-state index in [-0.39, 0.29) is 22.9 Å². The predicted molar refractivity (Wildman–Crippen MR) is 136 cm³/mol. The Morgan fingerprint density at radius 3 is 2.39 bits per heavy atom. The number of quaternary nitrogens is 1. The Morgan fingerprint density at radius 1 is 1.03 bits per heavy atom. The molecule has 1 fully saturated rings. The summed E-state index contributed by atoms with van der Waals surface area (Å²) in [6.45, 7) is 1.83. The quantitative estimate of drug-likeness (QED) is 0.222. The smallest absolute Gasteiger partial charge is 0.231 e. The molecule has 1 aliphatic carbocycles. The third-order valence-corrected chi connectivity index (χ3v) is 7.01. The lowest BCUT2D eigenvalue weighted by molar-refractivity contribution is -0.923. The van der Waals surface area contributed by atoms with Crippen LogP contribution in [0, 0.1) is 5.92 Å². The summed E-state index contributed by atoms with van der Waals surface area (Å²) in [6, 6.07) is 18.0. The molecule has 6 nitrogen and oxygen atoms in total. The molecule has 0 saturated heterocycles. The molecule has 1 aliphatic rings. The molecule has 0 unspecified atom stereocenters. The molecule has 1 atom stereocenters. The van der Waals surface area contributed by atoms with Crippen LogP contribution in [0.1, 0.15) is 54.9 Å². The average Bonchev–Trinajstić information content (AvgIpc) is 3.35. The van der Waals surface area contributed by atoms with Gasteiger partial charge in [-0.15, -0.1) is 0 Å². The summed E-state index contributed by atoms with van der Waals surface area (Å²) in [5.41, 5.74) is 0.876. The predicted octanol–water partition coefficient (Wildman–Crippen LogP) is 2.30. The fourth-order valence-corrected chi connectivity index (χ4v) is 5.06. The van der Waals surface area contributed by atoms with E-state index < -0.39 is 5.60 Å². The highest BCUT2D eigenvalue weighted by Crippen LogP contribution is 2.43. The van der Waals surface area contributed by atoms with Gasteiger partial charge >= 0.3 is 0 Å². The maximum atomic E-state index is 12.0. The van der Waals surface area contributed by atoms with E-state index in [1.807, 2.05) is 42.5 Å². The first-order valence-electron chi connectivity index (χ1n) is 12.7. The molecule has 2 aromatic carbocycles. The van der Waals surface area contributed by atoms with E-state index in [2.05, 4.69) is 31.2 Å². The first-order chi connectivity index (χ1) is 16.9. The van der Waals surface area contributed by atoms with Crippen LogP contribution in [0.15, 0.2) is 65.2 Å². The summed E-state index contributed by atoms with van der Waals surface area (Å²) in [7, 11) is 5.90. The van der Waals surface area contributed by atoms with Gasteiger partial charge in [-0.2, -0.15) is 0 Å². The van der Waals surface area contributed by atoms with Crippen LogP contribution in [0.2, 0.25) is 0 Å². The number of methoxy groups -OCH3 is 1. The van der Waals surface area contributed by atoms with Gasteiger partial charge in [0, 0.05) is 5.92 Å². The van der Waals surface area contributed by atoms with Crippen LogP contribution in [-0.4, -0.2) is 49.1 Å². The zero-order chi connectivity index (χ0) is 24.7. The van der Waals surface area contributed by atoms with Crippen LogP contribution in [0.3, 0.4) is 0 Å². The molecule has 0 amide bonds. The highest BCUT2D eigenvalue weighted by atomic mass is 79.9. The number of rotatable bonds is 11. The molecule has 0 aliphatic heterocycles. The third kappa shape index (κ3) is 6.97. The molecule has 196 valence electrons. The molecular weight excluding hydrogens is 520 g/mol. The Morgan fingerprint density at radius 2 is 1.72 bits per heavy atom. The molecule has 1 heterocycles. The van der Waals surface area contributed by atoms with Crippen molar-refractivity contribution in [2.75, 3.05) is 34.5 Å². The van der Waals surface area contributed by atoms with E-state index >= 15 is 0 Å². The lowest BCUT2D eigenvalue weighted by atomic mass is 9.73. The number of aliphatic hydroxyl groups is 1. The van der Waals surface area contributed by atoms with Gasteiger partial charge in [0.25, 0.3) is 0 Å². The number of halogens is 1. The molecule has 7 heteroatoms. The lowest BCUT2D eigenvalue weighted by Crippen LogP contribution is -3.00. The minimum absolute atomic E-state index is 0. The van der Waals surface area contributed by atoms with Crippen molar-refractivity contribution in [1.29, 1.82) is 0 Å². The standard InChI is InChI=1S/C29H39N2O4.BrH/c1-31(2,22-34-19-18-23-14-16-26(33-3)17-15-23)21-27-20-30-28(35-27)29(32,24-10-6-4-7-11-24)25-12-8-5-9-13-25;/h4,6-7,10-11,14-17,20,25,32H,5,8-9,12-13,18-19,21-22H2,1-3H3;1H/q+1;/p-1/t29-;/m0./s1. The number of oxazole rings is 1. The Balaban J connectivity index is 0.00000361. The van der Waals surface area contributed by atoms with Crippen molar-refractivity contribution in [2.24, 2.45) is 5.92 Å². The fourth-order valence-electron chi connectivity index (χ4n) is 5.06. The first kappa shape index (κ1) is 28.4. The van der Waals surface area contributed by atoms with Crippen LogP contribution in [0.25, 0.3) is 0 Å². The van der Waals surface area contributed by atoms with Crippen LogP contribution < -0.4 is 21.7 Å². The van der Waals surface area contributed by atoms with Gasteiger partial charge in [-0.05, 0) is 42.5 Å². The van der Waals surface area contributed by atoms with E-state index in [0.29, 0.717) is 30.3 Å². The second-order valence-electron chi connectivity index (χ2n) is 10.3. The number of benzene rings is 2. The summed E-state index contributed by atoms with van der Waals surface area (Å²) in [6.07, 6.45) is 8.06. The molecule has 1 N–H and O–H groups in total. The number of aromatic nitrogens is 1. The Bertz CT molecular complexity index is 1050. The largest absolute Gasteiger partial charge is 1.00 e. The van der Waals surface area contributed by atoms with Gasteiger partial charge < -0.3 is 36.0 Å². The maximum absolute atomic E-state index is 12.0. The third-order valence-electron chi connectivity index (χ3n) is 7.01. The zero-order valence-corrected chi connectivity index (χ0v) is 23.2. The summed E-state index contributed by atoms with van der Waals surface area (Å²) in [5, 5.41) is 12.0. The summed E-state index contributed by atoms with van der Waals surface area (Å²) in [4.78, 5) is 4.60. The van der Waals surface area contributed by atoms with Gasteiger partial charge in [0.1, 0.15) is 12.3 Å². The van der Waals surface area contributed by atoms with Gasteiger partial charge in [0.2, 0.25) is 5.89 Å². The van der Waals surface area contributed by atoms with Crippen molar-refractivity contribution in [3.8, 4) is 5.75 Å². The summed E-state index contributed by atoms with van der Waals surface area (Å²) < 4.78 is 18.1. The van der Waals surface area contributed by atoms with Crippen molar-refractivity contribution in [1.82, 2.24) is 4.98 Å². The van der Waals surface area contributed by atoms with Gasteiger partial charge in [-0.25, -0.2) is 4.98 Å². The normalized spacial score (nSPS) is 16.2. The zero-order valence-electron chi connectivity index (χ0n) is 21.7. The number of nitrogens with zero attached hydrogens (tertiary/aromatic N) is 2. The van der Waals surface area contributed by atoms with Crippen LogP contribution >= 0.6 is 0 Å². The van der Waals surface area contributed by atoms with Crippen LogP contribution in [0.5, 0.6) is 5.75 Å². The molecule has 0 spiro atoms. The highest BCUT2D eigenvalue weighted by molar-refractivity contribution is 5.30. The molecule has 1 aromatic heterocycles. The molecule has 4 rings (SSSR count). The minimum Gasteiger partial charge on any atom is -1.00 e. The molecule has 1 saturated carbocycles. The molecule has 0 radical (unpaired) electrons. The Kier molecular flexibility index (Phi) is 10.1. The Hall–Kier alpha value is -2.19. The minimum atomic E-state index is -1.20. The highest BCUT2D eigenvalue weighted by Gasteiger charge is 2.44. The second kappa shape index (κ2) is 12.9. The van der Waals surface area contributed by atoms with Crippen molar-refractivity contribution >= 4 is 0 Å². The van der Waals surface area contributed by atoms with Gasteiger partial charge in [-0.1, -0.05) is 61.7 Å².